The first-order chi connectivity index (χ1) is 13.6. The van der Waals surface area contributed by atoms with E-state index in [4.69, 9.17) is 23.5 Å². The number of methoxy groups -OCH3 is 4. The molecule has 2 aromatic rings. The number of hydrogen-bond donors (Lipinski definition) is 0. The first kappa shape index (κ1) is 20.0. The zero-order valence-electron chi connectivity index (χ0n) is 16.7. The predicted octanol–water partition coefficient (Wildman–Crippen LogP) is 2.75. The van der Waals surface area contributed by atoms with Crippen molar-refractivity contribution < 1.29 is 28.3 Å². The lowest BCUT2D eigenvalue weighted by atomic mass is 10.1. The van der Waals surface area contributed by atoms with Crippen molar-refractivity contribution in [1.29, 1.82) is 0 Å². The van der Waals surface area contributed by atoms with E-state index in [0.29, 0.717) is 48.4 Å². The van der Waals surface area contributed by atoms with Crippen molar-refractivity contribution in [1.82, 2.24) is 10.1 Å². The molecule has 1 aromatic carbocycles. The Kier molecular flexibility index (Phi) is 6.41. The van der Waals surface area contributed by atoms with Gasteiger partial charge in [0.25, 0.3) is 0 Å². The van der Waals surface area contributed by atoms with E-state index in [2.05, 4.69) is 5.16 Å². The highest BCUT2D eigenvalue weighted by Gasteiger charge is 2.33. The van der Waals surface area contributed by atoms with Crippen LogP contribution in [0.1, 0.15) is 18.5 Å². The van der Waals surface area contributed by atoms with Gasteiger partial charge in [0.05, 0.1) is 34.5 Å². The van der Waals surface area contributed by atoms with Crippen LogP contribution in [0.5, 0.6) is 17.2 Å². The lowest BCUT2D eigenvalue weighted by molar-refractivity contribution is -0.133. The van der Waals surface area contributed by atoms with Gasteiger partial charge < -0.3 is 28.4 Å². The second-order valence-electron chi connectivity index (χ2n) is 6.62. The van der Waals surface area contributed by atoms with Crippen molar-refractivity contribution in [3.8, 4) is 28.6 Å². The third-order valence-corrected chi connectivity index (χ3v) is 4.66. The molecule has 0 unspecified atom stereocenters. The van der Waals surface area contributed by atoms with Crippen LogP contribution in [0.3, 0.4) is 0 Å². The van der Waals surface area contributed by atoms with E-state index in [9.17, 15) is 4.79 Å². The molecule has 0 atom stereocenters. The van der Waals surface area contributed by atoms with Crippen LogP contribution in [0, 0.1) is 5.92 Å². The molecule has 28 heavy (non-hydrogen) atoms. The summed E-state index contributed by atoms with van der Waals surface area (Å²) in [5, 5.41) is 4.13. The average molecular weight is 390 g/mol. The molecule has 0 radical (unpaired) electrons. The summed E-state index contributed by atoms with van der Waals surface area (Å²) in [5.41, 5.74) is 1.42. The van der Waals surface area contributed by atoms with Crippen LogP contribution in [0.25, 0.3) is 11.3 Å². The summed E-state index contributed by atoms with van der Waals surface area (Å²) in [7, 11) is 6.30. The standard InChI is InChI=1S/C20H26N2O6/c1-24-8-7-22(20(23)13-5-6-13)12-15-11-16(28-21-15)14-9-17(25-2)19(27-4)18(10-14)26-3/h9-11,13H,5-8,12H2,1-4H3. The fraction of sp³-hybridized carbons (Fsp3) is 0.500. The van der Waals surface area contributed by atoms with Crippen LogP contribution >= 0.6 is 0 Å². The van der Waals surface area contributed by atoms with Crippen LogP contribution in [0.15, 0.2) is 22.7 Å². The molecule has 8 nitrogen and oxygen atoms in total. The molecule has 0 aliphatic heterocycles. The van der Waals surface area contributed by atoms with Gasteiger partial charge in [-0.1, -0.05) is 5.16 Å². The molecular formula is C20H26N2O6. The van der Waals surface area contributed by atoms with E-state index in [1.54, 1.807) is 45.5 Å². The lowest BCUT2D eigenvalue weighted by Gasteiger charge is -2.21. The summed E-state index contributed by atoms with van der Waals surface area (Å²) in [5.74, 6) is 2.41. The monoisotopic (exact) mass is 390 g/mol. The second kappa shape index (κ2) is 8.97. The Morgan fingerprint density at radius 2 is 1.79 bits per heavy atom. The first-order valence-corrected chi connectivity index (χ1v) is 9.15. The van der Waals surface area contributed by atoms with Crippen molar-refractivity contribution in [3.05, 3.63) is 23.9 Å². The molecule has 1 aliphatic carbocycles. The second-order valence-corrected chi connectivity index (χ2v) is 6.62. The number of nitrogens with zero attached hydrogens (tertiary/aromatic N) is 2. The maximum Gasteiger partial charge on any atom is 0.226 e. The van der Waals surface area contributed by atoms with Gasteiger partial charge in [-0.25, -0.2) is 0 Å². The Morgan fingerprint density at radius 3 is 2.32 bits per heavy atom. The van der Waals surface area contributed by atoms with E-state index in [0.717, 1.165) is 18.4 Å². The number of benzene rings is 1. The molecule has 1 amide bonds. The molecule has 1 heterocycles. The number of hydrogen-bond acceptors (Lipinski definition) is 7. The largest absolute Gasteiger partial charge is 0.493 e. The van der Waals surface area contributed by atoms with Gasteiger partial charge in [0.2, 0.25) is 11.7 Å². The van der Waals surface area contributed by atoms with Crippen molar-refractivity contribution in [3.63, 3.8) is 0 Å². The molecule has 152 valence electrons. The summed E-state index contributed by atoms with van der Waals surface area (Å²) in [4.78, 5) is 14.3. The summed E-state index contributed by atoms with van der Waals surface area (Å²) in [6, 6.07) is 5.41. The Labute approximate surface area is 164 Å². The third-order valence-electron chi connectivity index (χ3n) is 4.66. The van der Waals surface area contributed by atoms with Gasteiger partial charge in [0, 0.05) is 31.2 Å². The molecular weight excluding hydrogens is 364 g/mol. The van der Waals surface area contributed by atoms with Crippen molar-refractivity contribution in [2.24, 2.45) is 5.92 Å². The molecule has 8 heteroatoms. The minimum Gasteiger partial charge on any atom is -0.493 e. The van der Waals surface area contributed by atoms with Crippen LogP contribution < -0.4 is 14.2 Å². The van der Waals surface area contributed by atoms with Gasteiger partial charge in [0.1, 0.15) is 5.69 Å². The van der Waals surface area contributed by atoms with Crippen LogP contribution in [-0.4, -0.2) is 57.6 Å². The molecule has 1 fully saturated rings. The van der Waals surface area contributed by atoms with Crippen molar-refractivity contribution in [2.45, 2.75) is 19.4 Å². The highest BCUT2D eigenvalue weighted by molar-refractivity contribution is 5.81. The Balaban J connectivity index is 1.81. The van der Waals surface area contributed by atoms with Gasteiger partial charge in [-0.2, -0.15) is 0 Å². The minimum atomic E-state index is 0.137. The predicted molar refractivity (Wildman–Crippen MR) is 102 cm³/mol. The zero-order valence-corrected chi connectivity index (χ0v) is 16.7. The molecule has 0 spiro atoms. The molecule has 1 aliphatic rings. The summed E-state index contributed by atoms with van der Waals surface area (Å²) in [6.07, 6.45) is 1.91. The van der Waals surface area contributed by atoms with Crippen LogP contribution in [0.2, 0.25) is 0 Å². The number of amides is 1. The SMILES string of the molecule is COCCN(Cc1cc(-c2cc(OC)c(OC)c(OC)c2)on1)C(=O)C1CC1. The smallest absolute Gasteiger partial charge is 0.226 e. The van der Waals surface area contributed by atoms with Gasteiger partial charge >= 0.3 is 0 Å². The van der Waals surface area contributed by atoms with E-state index < -0.39 is 0 Å². The third kappa shape index (κ3) is 4.39. The Bertz CT molecular complexity index is 790. The molecule has 0 bridgehead atoms. The van der Waals surface area contributed by atoms with Crippen LogP contribution in [-0.2, 0) is 16.1 Å². The molecule has 0 saturated heterocycles. The number of rotatable bonds is 10. The highest BCUT2D eigenvalue weighted by Crippen LogP contribution is 2.41. The molecule has 0 N–H and O–H groups in total. The number of carbonyl (C=O) groups excluding carboxylic acids is 1. The van der Waals surface area contributed by atoms with E-state index in [-0.39, 0.29) is 11.8 Å². The van der Waals surface area contributed by atoms with E-state index in [1.807, 2.05) is 6.07 Å². The highest BCUT2D eigenvalue weighted by atomic mass is 16.5. The topological polar surface area (TPSA) is 83.3 Å². The first-order valence-electron chi connectivity index (χ1n) is 9.15. The number of ether oxygens (including phenoxy) is 4. The van der Waals surface area contributed by atoms with Gasteiger partial charge in [-0.3, -0.25) is 4.79 Å². The quantitative estimate of drug-likeness (QED) is 0.617. The molecule has 1 saturated carbocycles. The molecule has 3 rings (SSSR count). The summed E-state index contributed by atoms with van der Waals surface area (Å²) < 4.78 is 26.8. The van der Waals surface area contributed by atoms with Gasteiger partial charge in [-0.15, -0.1) is 0 Å². The number of aromatic nitrogens is 1. The minimum absolute atomic E-state index is 0.137. The zero-order chi connectivity index (χ0) is 20.1. The van der Waals surface area contributed by atoms with Gasteiger partial charge in [0.15, 0.2) is 17.3 Å². The lowest BCUT2D eigenvalue weighted by Crippen LogP contribution is -2.34. The fourth-order valence-corrected chi connectivity index (χ4v) is 3.00. The molecule has 1 aromatic heterocycles. The summed E-state index contributed by atoms with van der Waals surface area (Å²) in [6.45, 7) is 1.39. The maximum absolute atomic E-state index is 12.5. The normalized spacial score (nSPS) is 13.3. The maximum atomic E-state index is 12.5. The van der Waals surface area contributed by atoms with E-state index in [1.165, 1.54) is 0 Å². The Hall–Kier alpha value is -2.74. The van der Waals surface area contributed by atoms with Crippen molar-refractivity contribution in [2.75, 3.05) is 41.6 Å². The van der Waals surface area contributed by atoms with Crippen molar-refractivity contribution >= 4 is 5.91 Å². The van der Waals surface area contributed by atoms with E-state index >= 15 is 0 Å². The Morgan fingerprint density at radius 1 is 1.11 bits per heavy atom. The fourth-order valence-electron chi connectivity index (χ4n) is 3.00. The van der Waals surface area contributed by atoms with Gasteiger partial charge in [-0.05, 0) is 25.0 Å². The average Bonchev–Trinajstić information content (AvgIpc) is 3.47. The summed E-state index contributed by atoms with van der Waals surface area (Å²) >= 11 is 0. The van der Waals surface area contributed by atoms with Crippen LogP contribution in [0.4, 0.5) is 0 Å². The number of carbonyl (C=O) groups is 1.